The summed E-state index contributed by atoms with van der Waals surface area (Å²) in [7, 11) is 0. The van der Waals surface area contributed by atoms with Crippen LogP contribution in [0.25, 0.3) is 0 Å². The number of piperidine rings is 1. The van der Waals surface area contributed by atoms with Gasteiger partial charge in [0.25, 0.3) is 0 Å². The predicted octanol–water partition coefficient (Wildman–Crippen LogP) is 3.13. The third kappa shape index (κ3) is 3.30. The van der Waals surface area contributed by atoms with Crippen LogP contribution in [0.1, 0.15) is 12.8 Å². The largest absolute Gasteiger partial charge is 0.393 e. The second kappa shape index (κ2) is 5.38. The number of aliphatic imine (C=N–C) groups is 1. The molecule has 0 aliphatic carbocycles. The molecule has 2 heterocycles. The predicted molar refractivity (Wildman–Crippen MR) is 67.8 cm³/mol. The van der Waals surface area contributed by atoms with Crippen molar-refractivity contribution in [3.8, 4) is 0 Å². The summed E-state index contributed by atoms with van der Waals surface area (Å²) in [6.07, 6.45) is -3.22. The highest BCUT2D eigenvalue weighted by molar-refractivity contribution is 9.09. The lowest BCUT2D eigenvalue weighted by molar-refractivity contribution is -0.183. The third-order valence-electron chi connectivity index (χ3n) is 3.03. The number of halogens is 4. The van der Waals surface area contributed by atoms with E-state index in [1.807, 2.05) is 0 Å². The van der Waals surface area contributed by atoms with E-state index >= 15 is 0 Å². The fourth-order valence-electron chi connectivity index (χ4n) is 2.08. The first-order chi connectivity index (χ1) is 8.00. The molecule has 17 heavy (non-hydrogen) atoms. The Kier molecular flexibility index (Phi) is 4.28. The molecule has 0 saturated carbocycles. The number of alkyl halides is 4. The Labute approximate surface area is 111 Å². The lowest BCUT2D eigenvalue weighted by Gasteiger charge is -2.34. The maximum Gasteiger partial charge on any atom is 0.393 e. The van der Waals surface area contributed by atoms with Gasteiger partial charge >= 0.3 is 6.18 Å². The molecule has 1 fully saturated rings. The zero-order chi connectivity index (χ0) is 12.5. The molecule has 0 aromatic carbocycles. The summed E-state index contributed by atoms with van der Waals surface area (Å²) in [5, 5.41) is 2.00. The maximum atomic E-state index is 12.7. The first-order valence-electron chi connectivity index (χ1n) is 5.59. The number of rotatable bonds is 1. The van der Waals surface area contributed by atoms with Crippen molar-refractivity contribution in [2.45, 2.75) is 24.3 Å². The topological polar surface area (TPSA) is 15.6 Å². The van der Waals surface area contributed by atoms with Gasteiger partial charge in [-0.3, -0.25) is 4.99 Å². The van der Waals surface area contributed by atoms with E-state index in [-0.39, 0.29) is 13.0 Å². The van der Waals surface area contributed by atoms with Gasteiger partial charge in [0.05, 0.1) is 12.5 Å². The van der Waals surface area contributed by atoms with Crippen LogP contribution in [0.5, 0.6) is 0 Å². The lowest BCUT2D eigenvalue weighted by Crippen LogP contribution is -2.43. The average molecular weight is 331 g/mol. The van der Waals surface area contributed by atoms with Crippen LogP contribution in [0.3, 0.4) is 0 Å². The van der Waals surface area contributed by atoms with E-state index in [2.05, 4.69) is 20.9 Å². The highest BCUT2D eigenvalue weighted by Crippen LogP contribution is 2.35. The van der Waals surface area contributed by atoms with Gasteiger partial charge in [-0.1, -0.05) is 27.7 Å². The SMILES string of the molecule is FC(F)(F)C1CCCN(C2=NCC(CBr)S2)C1. The normalized spacial score (nSPS) is 30.6. The fourth-order valence-corrected chi connectivity index (χ4v) is 3.65. The van der Waals surface area contributed by atoms with E-state index in [1.165, 1.54) is 0 Å². The molecule has 2 aliphatic rings. The van der Waals surface area contributed by atoms with Crippen LogP contribution < -0.4 is 0 Å². The standard InChI is InChI=1S/C10H14BrF3N2S/c11-4-8-5-15-9(17-8)16-3-1-2-7(6-16)10(12,13)14/h7-8H,1-6H2. The minimum Gasteiger partial charge on any atom is -0.351 e. The molecule has 2 atom stereocenters. The summed E-state index contributed by atoms with van der Waals surface area (Å²) in [5.41, 5.74) is 0. The number of hydrogen-bond acceptors (Lipinski definition) is 3. The van der Waals surface area contributed by atoms with E-state index in [4.69, 9.17) is 0 Å². The Morgan fingerprint density at radius 2 is 2.24 bits per heavy atom. The molecule has 7 heteroatoms. The molecule has 2 aliphatic heterocycles. The summed E-state index contributed by atoms with van der Waals surface area (Å²) >= 11 is 4.97. The molecule has 2 unspecified atom stereocenters. The second-order valence-corrected chi connectivity index (χ2v) is 6.26. The van der Waals surface area contributed by atoms with E-state index in [0.29, 0.717) is 24.8 Å². The quantitative estimate of drug-likeness (QED) is 0.686. The van der Waals surface area contributed by atoms with Crippen LogP contribution in [0.4, 0.5) is 13.2 Å². The van der Waals surface area contributed by atoms with E-state index in [0.717, 1.165) is 10.5 Å². The van der Waals surface area contributed by atoms with Gasteiger partial charge in [-0.25, -0.2) is 0 Å². The van der Waals surface area contributed by atoms with Gasteiger partial charge in [0.15, 0.2) is 5.17 Å². The molecule has 2 rings (SSSR count). The van der Waals surface area contributed by atoms with Crippen molar-refractivity contribution < 1.29 is 13.2 Å². The highest BCUT2D eigenvalue weighted by Gasteiger charge is 2.42. The van der Waals surface area contributed by atoms with Gasteiger partial charge in [0, 0.05) is 23.7 Å². The Hall–Kier alpha value is 0.0900. The van der Waals surface area contributed by atoms with Crippen LogP contribution in [-0.2, 0) is 0 Å². The summed E-state index contributed by atoms with van der Waals surface area (Å²) < 4.78 is 38.0. The molecule has 0 N–H and O–H groups in total. The van der Waals surface area contributed by atoms with Gasteiger partial charge in [-0.2, -0.15) is 13.2 Å². The van der Waals surface area contributed by atoms with E-state index in [9.17, 15) is 13.2 Å². The van der Waals surface area contributed by atoms with Crippen molar-refractivity contribution in [3.05, 3.63) is 0 Å². The van der Waals surface area contributed by atoms with Crippen molar-refractivity contribution in [2.75, 3.05) is 25.0 Å². The Morgan fingerprint density at radius 3 is 2.82 bits per heavy atom. The maximum absolute atomic E-state index is 12.7. The number of thioether (sulfide) groups is 1. The average Bonchev–Trinajstić information content (AvgIpc) is 2.76. The molecule has 1 saturated heterocycles. The Bertz CT molecular complexity index is 308. The van der Waals surface area contributed by atoms with Gasteiger partial charge in [-0.15, -0.1) is 0 Å². The van der Waals surface area contributed by atoms with Crippen LogP contribution in [0.2, 0.25) is 0 Å². The van der Waals surface area contributed by atoms with Crippen molar-refractivity contribution in [3.63, 3.8) is 0 Å². The van der Waals surface area contributed by atoms with E-state index in [1.54, 1.807) is 16.7 Å². The van der Waals surface area contributed by atoms with Gasteiger partial charge in [-0.05, 0) is 12.8 Å². The molecule has 0 amide bonds. The van der Waals surface area contributed by atoms with Crippen LogP contribution in [-0.4, -0.2) is 46.5 Å². The second-order valence-electron chi connectivity index (χ2n) is 4.34. The monoisotopic (exact) mass is 330 g/mol. The van der Waals surface area contributed by atoms with Gasteiger partial charge in [0.1, 0.15) is 0 Å². The molecule has 0 spiro atoms. The Balaban J connectivity index is 1.94. The van der Waals surface area contributed by atoms with Crippen LogP contribution in [0.15, 0.2) is 4.99 Å². The van der Waals surface area contributed by atoms with Crippen molar-refractivity contribution in [2.24, 2.45) is 10.9 Å². The zero-order valence-electron chi connectivity index (χ0n) is 9.21. The number of nitrogens with zero attached hydrogens (tertiary/aromatic N) is 2. The minimum absolute atomic E-state index is 0.0737. The van der Waals surface area contributed by atoms with Gasteiger partial charge in [0.2, 0.25) is 0 Å². The molecular weight excluding hydrogens is 317 g/mol. The van der Waals surface area contributed by atoms with Gasteiger partial charge < -0.3 is 4.90 Å². The van der Waals surface area contributed by atoms with Crippen molar-refractivity contribution in [1.82, 2.24) is 4.90 Å². The summed E-state index contributed by atoms with van der Waals surface area (Å²) in [6, 6.07) is 0. The number of likely N-dealkylation sites (tertiary alicyclic amines) is 1. The first kappa shape index (κ1) is 13.5. The lowest BCUT2D eigenvalue weighted by atomic mass is 9.98. The number of hydrogen-bond donors (Lipinski definition) is 0. The van der Waals surface area contributed by atoms with Crippen LogP contribution >= 0.6 is 27.7 Å². The fraction of sp³-hybridized carbons (Fsp3) is 0.900. The molecule has 0 bridgehead atoms. The highest BCUT2D eigenvalue weighted by atomic mass is 79.9. The van der Waals surface area contributed by atoms with E-state index < -0.39 is 12.1 Å². The Morgan fingerprint density at radius 1 is 1.47 bits per heavy atom. The van der Waals surface area contributed by atoms with Crippen molar-refractivity contribution >= 4 is 32.9 Å². The smallest absolute Gasteiger partial charge is 0.351 e. The molecule has 2 nitrogen and oxygen atoms in total. The van der Waals surface area contributed by atoms with Crippen LogP contribution in [0, 0.1) is 5.92 Å². The van der Waals surface area contributed by atoms with Crippen molar-refractivity contribution in [1.29, 1.82) is 0 Å². The zero-order valence-corrected chi connectivity index (χ0v) is 11.6. The summed E-state index contributed by atoms with van der Waals surface area (Å²) in [5.74, 6) is -1.19. The third-order valence-corrected chi connectivity index (χ3v) is 5.49. The molecular formula is C10H14BrF3N2S. The molecule has 98 valence electrons. The molecule has 0 radical (unpaired) electrons. The summed E-state index contributed by atoms with van der Waals surface area (Å²) in [6.45, 7) is 1.48. The molecule has 0 aromatic rings. The minimum atomic E-state index is -4.07. The summed E-state index contributed by atoms with van der Waals surface area (Å²) in [4.78, 5) is 6.14. The number of amidine groups is 1. The molecule has 0 aromatic heterocycles. The first-order valence-corrected chi connectivity index (χ1v) is 7.59.